The molecule has 1 aromatic heterocycles. The highest BCUT2D eigenvalue weighted by Crippen LogP contribution is 2.10. The number of nitrogens with zero attached hydrogens (tertiary/aromatic N) is 1. The minimum Gasteiger partial charge on any atom is -0.289 e. The molecule has 1 N–H and O–H groups in total. The summed E-state index contributed by atoms with van der Waals surface area (Å²) in [4.78, 5) is 26.0. The van der Waals surface area contributed by atoms with Gasteiger partial charge in [0.25, 0.3) is 5.56 Å². The predicted molar refractivity (Wildman–Crippen MR) is 74.3 cm³/mol. The first kappa shape index (κ1) is 12.3. The fourth-order valence-electron chi connectivity index (χ4n) is 2.17. The topological polar surface area (TPSA) is 54.9 Å². The molecule has 0 aliphatic rings. The van der Waals surface area contributed by atoms with Gasteiger partial charge in [0.1, 0.15) is 5.82 Å². The Morgan fingerprint density at radius 1 is 1.00 bits per heavy atom. The first-order valence-electron chi connectivity index (χ1n) is 6.11. The zero-order chi connectivity index (χ0) is 14.1. The van der Waals surface area contributed by atoms with E-state index in [-0.39, 0.29) is 12.4 Å². The van der Waals surface area contributed by atoms with Crippen LogP contribution in [0, 0.1) is 5.82 Å². The molecule has 0 atom stereocenters. The molecule has 0 bridgehead atoms. The van der Waals surface area contributed by atoms with Crippen LogP contribution in [-0.2, 0) is 6.54 Å². The average molecular weight is 270 g/mol. The lowest BCUT2D eigenvalue weighted by atomic mass is 10.2. The lowest BCUT2D eigenvalue weighted by Crippen LogP contribution is -2.30. The molecule has 0 spiro atoms. The fraction of sp³-hybridized carbons (Fsp3) is 0.0667. The van der Waals surface area contributed by atoms with E-state index in [9.17, 15) is 14.0 Å². The second-order valence-electron chi connectivity index (χ2n) is 4.49. The van der Waals surface area contributed by atoms with Crippen LogP contribution in [0.1, 0.15) is 5.56 Å². The molecule has 3 rings (SSSR count). The van der Waals surface area contributed by atoms with Crippen LogP contribution in [0.25, 0.3) is 10.9 Å². The van der Waals surface area contributed by atoms with Gasteiger partial charge in [-0.25, -0.2) is 9.18 Å². The summed E-state index contributed by atoms with van der Waals surface area (Å²) in [5, 5.41) is 0.453. The molecule has 0 radical (unpaired) electrons. The van der Waals surface area contributed by atoms with Crippen LogP contribution in [-0.4, -0.2) is 9.55 Å². The van der Waals surface area contributed by atoms with Gasteiger partial charge in [-0.15, -0.1) is 0 Å². The highest BCUT2D eigenvalue weighted by Gasteiger charge is 2.07. The summed E-state index contributed by atoms with van der Waals surface area (Å²) >= 11 is 0. The Morgan fingerprint density at radius 2 is 1.70 bits per heavy atom. The van der Waals surface area contributed by atoms with E-state index in [0.29, 0.717) is 10.9 Å². The van der Waals surface area contributed by atoms with Gasteiger partial charge in [0.05, 0.1) is 17.4 Å². The van der Waals surface area contributed by atoms with Crippen molar-refractivity contribution in [3.8, 4) is 0 Å². The summed E-state index contributed by atoms with van der Waals surface area (Å²) in [6.07, 6.45) is 0. The van der Waals surface area contributed by atoms with Crippen LogP contribution in [0.2, 0.25) is 0 Å². The van der Waals surface area contributed by atoms with Crippen LogP contribution in [0.4, 0.5) is 4.39 Å². The van der Waals surface area contributed by atoms with Crippen molar-refractivity contribution in [1.82, 2.24) is 9.55 Å². The standard InChI is InChI=1S/C15H11FN2O2/c16-11-7-5-10(6-8-11)9-18-13-4-2-1-3-12(13)14(19)17-15(18)20/h1-8H,9H2,(H,17,19,20). The Labute approximate surface area is 113 Å². The SMILES string of the molecule is O=c1[nH]c(=O)n(Cc2ccc(F)cc2)c2ccccc12. The second kappa shape index (κ2) is 4.77. The quantitative estimate of drug-likeness (QED) is 0.773. The molecular weight excluding hydrogens is 259 g/mol. The summed E-state index contributed by atoms with van der Waals surface area (Å²) in [6.45, 7) is 0.274. The molecule has 0 amide bonds. The van der Waals surface area contributed by atoms with Gasteiger partial charge in [-0.05, 0) is 29.8 Å². The van der Waals surface area contributed by atoms with Crippen molar-refractivity contribution in [2.45, 2.75) is 6.54 Å². The summed E-state index contributed by atoms with van der Waals surface area (Å²) < 4.78 is 14.4. The molecule has 0 unspecified atom stereocenters. The van der Waals surface area contributed by atoms with E-state index in [1.54, 1.807) is 36.4 Å². The number of hydrogen-bond donors (Lipinski definition) is 1. The van der Waals surface area contributed by atoms with Crippen molar-refractivity contribution in [1.29, 1.82) is 0 Å². The fourth-order valence-corrected chi connectivity index (χ4v) is 2.17. The third kappa shape index (κ3) is 2.14. The van der Waals surface area contributed by atoms with Crippen molar-refractivity contribution in [3.63, 3.8) is 0 Å². The minimum absolute atomic E-state index is 0.274. The Bertz CT molecular complexity index is 879. The molecule has 20 heavy (non-hydrogen) atoms. The number of aromatic nitrogens is 2. The average Bonchev–Trinajstić information content (AvgIpc) is 2.45. The van der Waals surface area contributed by atoms with E-state index in [2.05, 4.69) is 4.98 Å². The monoisotopic (exact) mass is 270 g/mol. The number of fused-ring (bicyclic) bond motifs is 1. The number of rotatable bonds is 2. The van der Waals surface area contributed by atoms with Gasteiger partial charge in [0.2, 0.25) is 0 Å². The normalized spacial score (nSPS) is 10.8. The van der Waals surface area contributed by atoms with Crippen LogP contribution >= 0.6 is 0 Å². The van der Waals surface area contributed by atoms with Crippen LogP contribution in [0.15, 0.2) is 58.1 Å². The van der Waals surface area contributed by atoms with Gasteiger partial charge in [0, 0.05) is 0 Å². The van der Waals surface area contributed by atoms with E-state index in [0.717, 1.165) is 5.56 Å². The molecule has 1 heterocycles. The van der Waals surface area contributed by atoms with E-state index in [1.165, 1.54) is 16.7 Å². The third-order valence-electron chi connectivity index (χ3n) is 3.16. The Kier molecular flexibility index (Phi) is 2.95. The van der Waals surface area contributed by atoms with Gasteiger partial charge < -0.3 is 0 Å². The zero-order valence-electron chi connectivity index (χ0n) is 10.5. The lowest BCUT2D eigenvalue weighted by molar-refractivity contribution is 0.626. The molecule has 100 valence electrons. The maximum Gasteiger partial charge on any atom is 0.329 e. The number of benzene rings is 2. The number of nitrogens with one attached hydrogen (secondary N) is 1. The number of halogens is 1. The first-order chi connectivity index (χ1) is 9.65. The number of hydrogen-bond acceptors (Lipinski definition) is 2. The highest BCUT2D eigenvalue weighted by molar-refractivity contribution is 5.77. The van der Waals surface area contributed by atoms with E-state index in [4.69, 9.17) is 0 Å². The maximum atomic E-state index is 12.9. The lowest BCUT2D eigenvalue weighted by Gasteiger charge is -2.09. The van der Waals surface area contributed by atoms with Crippen molar-refractivity contribution >= 4 is 10.9 Å². The smallest absolute Gasteiger partial charge is 0.289 e. The van der Waals surface area contributed by atoms with Crippen molar-refractivity contribution in [2.75, 3.05) is 0 Å². The van der Waals surface area contributed by atoms with Gasteiger partial charge >= 0.3 is 5.69 Å². The molecule has 5 heteroatoms. The Balaban J connectivity index is 2.18. The van der Waals surface area contributed by atoms with Crippen molar-refractivity contribution in [2.24, 2.45) is 0 Å². The molecule has 0 aliphatic heterocycles. The summed E-state index contributed by atoms with van der Waals surface area (Å²) in [7, 11) is 0. The van der Waals surface area contributed by atoms with Crippen LogP contribution < -0.4 is 11.2 Å². The van der Waals surface area contributed by atoms with Crippen LogP contribution in [0.3, 0.4) is 0 Å². The van der Waals surface area contributed by atoms with E-state index >= 15 is 0 Å². The summed E-state index contributed by atoms with van der Waals surface area (Å²) in [5.41, 5.74) is 0.468. The van der Waals surface area contributed by atoms with Crippen molar-refractivity contribution < 1.29 is 4.39 Å². The van der Waals surface area contributed by atoms with Crippen LogP contribution in [0.5, 0.6) is 0 Å². The minimum atomic E-state index is -0.474. The summed E-state index contributed by atoms with van der Waals surface area (Å²) in [5.74, 6) is -0.326. The molecule has 4 nitrogen and oxygen atoms in total. The second-order valence-corrected chi connectivity index (χ2v) is 4.49. The van der Waals surface area contributed by atoms with Gasteiger partial charge in [-0.2, -0.15) is 0 Å². The van der Waals surface area contributed by atoms with Gasteiger partial charge in [0.15, 0.2) is 0 Å². The number of para-hydroxylation sites is 1. The van der Waals surface area contributed by atoms with Crippen molar-refractivity contribution in [3.05, 3.63) is 80.7 Å². The molecule has 2 aromatic carbocycles. The van der Waals surface area contributed by atoms with E-state index in [1.807, 2.05) is 0 Å². The first-order valence-corrected chi connectivity index (χ1v) is 6.11. The molecule has 0 saturated carbocycles. The Hall–Kier alpha value is -2.69. The molecule has 0 fully saturated rings. The van der Waals surface area contributed by atoms with Gasteiger partial charge in [-0.3, -0.25) is 14.3 Å². The maximum absolute atomic E-state index is 12.9. The van der Waals surface area contributed by atoms with E-state index < -0.39 is 11.2 Å². The number of aromatic amines is 1. The zero-order valence-corrected chi connectivity index (χ0v) is 10.5. The third-order valence-corrected chi connectivity index (χ3v) is 3.16. The Morgan fingerprint density at radius 3 is 2.45 bits per heavy atom. The predicted octanol–water partition coefficient (Wildman–Crippen LogP) is 1.88. The largest absolute Gasteiger partial charge is 0.329 e. The molecule has 0 saturated heterocycles. The van der Waals surface area contributed by atoms with Gasteiger partial charge in [-0.1, -0.05) is 24.3 Å². The molecule has 3 aromatic rings. The summed E-state index contributed by atoms with van der Waals surface area (Å²) in [6, 6.07) is 12.8. The molecular formula is C15H11FN2O2. The number of H-pyrrole nitrogens is 1. The molecule has 0 aliphatic carbocycles. The highest BCUT2D eigenvalue weighted by atomic mass is 19.1.